The van der Waals surface area contributed by atoms with Gasteiger partial charge in [-0.05, 0) is 48.5 Å². The number of nitrogens with zero attached hydrogens (tertiary/aromatic N) is 2. The van der Waals surface area contributed by atoms with Crippen molar-refractivity contribution in [3.05, 3.63) is 65.3 Å². The average molecular weight is 321 g/mol. The van der Waals surface area contributed by atoms with Gasteiger partial charge in [-0.15, -0.1) is 11.8 Å². The molecule has 3 nitrogen and oxygen atoms in total. The predicted molar refractivity (Wildman–Crippen MR) is 80.7 cm³/mol. The van der Waals surface area contributed by atoms with Crippen LogP contribution in [0.25, 0.3) is 11.4 Å². The maximum absolute atomic E-state index is 12.8. The average Bonchev–Trinajstić information content (AvgIpc) is 2.96. The van der Waals surface area contributed by atoms with Crippen molar-refractivity contribution >= 4 is 23.4 Å². The fourth-order valence-electron chi connectivity index (χ4n) is 1.71. The third-order valence-corrected chi connectivity index (χ3v) is 4.00. The van der Waals surface area contributed by atoms with E-state index in [2.05, 4.69) is 10.1 Å². The van der Waals surface area contributed by atoms with Crippen LogP contribution in [0.15, 0.2) is 57.9 Å². The lowest BCUT2D eigenvalue weighted by atomic mass is 10.2. The highest BCUT2D eigenvalue weighted by Crippen LogP contribution is 2.24. The number of halogens is 2. The van der Waals surface area contributed by atoms with Crippen molar-refractivity contribution in [1.29, 1.82) is 0 Å². The summed E-state index contributed by atoms with van der Waals surface area (Å²) in [6.45, 7) is 0. The summed E-state index contributed by atoms with van der Waals surface area (Å²) in [5, 5.41) is 4.60. The van der Waals surface area contributed by atoms with E-state index in [-0.39, 0.29) is 5.82 Å². The molecule has 0 N–H and O–H groups in total. The molecule has 0 amide bonds. The zero-order valence-corrected chi connectivity index (χ0v) is 12.4. The van der Waals surface area contributed by atoms with Gasteiger partial charge in [0, 0.05) is 15.5 Å². The van der Waals surface area contributed by atoms with Crippen LogP contribution in [0.2, 0.25) is 5.02 Å². The molecule has 0 aliphatic heterocycles. The van der Waals surface area contributed by atoms with Crippen LogP contribution < -0.4 is 0 Å². The zero-order chi connectivity index (χ0) is 14.7. The summed E-state index contributed by atoms with van der Waals surface area (Å²) in [5.41, 5.74) is 0.848. The smallest absolute Gasteiger partial charge is 0.237 e. The molecule has 0 saturated heterocycles. The summed E-state index contributed by atoms with van der Waals surface area (Å²) in [7, 11) is 0. The molecule has 0 aliphatic carbocycles. The molecule has 1 aromatic heterocycles. The Morgan fingerprint density at radius 1 is 1.05 bits per heavy atom. The van der Waals surface area contributed by atoms with E-state index in [0.29, 0.717) is 22.5 Å². The van der Waals surface area contributed by atoms with Crippen LogP contribution in [0.1, 0.15) is 5.89 Å². The van der Waals surface area contributed by atoms with Gasteiger partial charge in [0.25, 0.3) is 0 Å². The summed E-state index contributed by atoms with van der Waals surface area (Å²) >= 11 is 7.35. The molecule has 1 heterocycles. The first-order chi connectivity index (χ1) is 10.2. The van der Waals surface area contributed by atoms with E-state index in [1.165, 1.54) is 23.9 Å². The Labute approximate surface area is 130 Å². The SMILES string of the molecule is Fc1ccc(SCc2nc(-c3ccc(Cl)cc3)no2)cc1. The molecule has 0 fully saturated rings. The molecular formula is C15H10ClFN2OS. The zero-order valence-electron chi connectivity index (χ0n) is 10.8. The van der Waals surface area contributed by atoms with E-state index in [0.717, 1.165) is 10.5 Å². The lowest BCUT2D eigenvalue weighted by Gasteiger charge is -1.97. The van der Waals surface area contributed by atoms with Gasteiger partial charge in [-0.1, -0.05) is 16.8 Å². The summed E-state index contributed by atoms with van der Waals surface area (Å²) in [6, 6.07) is 13.5. The lowest BCUT2D eigenvalue weighted by molar-refractivity contribution is 0.391. The highest BCUT2D eigenvalue weighted by atomic mass is 35.5. The summed E-state index contributed by atoms with van der Waals surface area (Å²) < 4.78 is 18.0. The van der Waals surface area contributed by atoms with Crippen molar-refractivity contribution in [2.45, 2.75) is 10.6 Å². The Morgan fingerprint density at radius 3 is 2.48 bits per heavy atom. The molecule has 2 aromatic carbocycles. The minimum atomic E-state index is -0.248. The Hall–Kier alpha value is -1.85. The van der Waals surface area contributed by atoms with E-state index in [1.54, 1.807) is 24.3 Å². The van der Waals surface area contributed by atoms with Crippen LogP contribution in [0, 0.1) is 5.82 Å². The maximum Gasteiger partial charge on any atom is 0.237 e. The lowest BCUT2D eigenvalue weighted by Crippen LogP contribution is -1.83. The van der Waals surface area contributed by atoms with E-state index in [9.17, 15) is 4.39 Å². The van der Waals surface area contributed by atoms with Crippen molar-refractivity contribution in [3.63, 3.8) is 0 Å². The highest BCUT2D eigenvalue weighted by molar-refractivity contribution is 7.98. The number of rotatable bonds is 4. The second-order valence-corrected chi connectivity index (χ2v) is 5.75. The monoisotopic (exact) mass is 320 g/mol. The van der Waals surface area contributed by atoms with Crippen molar-refractivity contribution < 1.29 is 8.91 Å². The van der Waals surface area contributed by atoms with Gasteiger partial charge >= 0.3 is 0 Å². The van der Waals surface area contributed by atoms with E-state index in [1.807, 2.05) is 12.1 Å². The minimum absolute atomic E-state index is 0.248. The van der Waals surface area contributed by atoms with Crippen molar-refractivity contribution in [3.8, 4) is 11.4 Å². The first-order valence-electron chi connectivity index (χ1n) is 6.17. The molecule has 3 rings (SSSR count). The predicted octanol–water partition coefficient (Wildman–Crippen LogP) is 4.82. The molecule has 0 bridgehead atoms. The van der Waals surface area contributed by atoms with Crippen molar-refractivity contribution in [2.24, 2.45) is 0 Å². The highest BCUT2D eigenvalue weighted by Gasteiger charge is 2.09. The van der Waals surface area contributed by atoms with Crippen LogP contribution in [0.5, 0.6) is 0 Å². The Bertz CT molecular complexity index is 728. The first-order valence-corrected chi connectivity index (χ1v) is 7.54. The molecule has 6 heteroatoms. The molecule has 106 valence electrons. The van der Waals surface area contributed by atoms with Gasteiger partial charge in [0.2, 0.25) is 11.7 Å². The molecule has 0 spiro atoms. The van der Waals surface area contributed by atoms with E-state index >= 15 is 0 Å². The normalized spacial score (nSPS) is 10.8. The van der Waals surface area contributed by atoms with Gasteiger partial charge < -0.3 is 4.52 Å². The number of thioether (sulfide) groups is 1. The van der Waals surface area contributed by atoms with Gasteiger partial charge in [-0.3, -0.25) is 0 Å². The Kier molecular flexibility index (Phi) is 4.22. The summed E-state index contributed by atoms with van der Waals surface area (Å²) in [5.74, 6) is 1.34. The first kappa shape index (κ1) is 14.1. The third-order valence-electron chi connectivity index (χ3n) is 2.75. The van der Waals surface area contributed by atoms with Crippen molar-refractivity contribution in [2.75, 3.05) is 0 Å². The number of benzene rings is 2. The quantitative estimate of drug-likeness (QED) is 0.646. The van der Waals surface area contributed by atoms with Crippen LogP contribution >= 0.6 is 23.4 Å². The van der Waals surface area contributed by atoms with Crippen LogP contribution in [0.4, 0.5) is 4.39 Å². The number of hydrogen-bond donors (Lipinski definition) is 0. The summed E-state index contributed by atoms with van der Waals surface area (Å²) in [6.07, 6.45) is 0. The molecule has 0 saturated carbocycles. The molecule has 0 unspecified atom stereocenters. The standard InChI is InChI=1S/C15H10ClFN2OS/c16-11-3-1-10(2-4-11)15-18-14(20-19-15)9-21-13-7-5-12(17)6-8-13/h1-8H,9H2. The Balaban J connectivity index is 1.67. The van der Waals surface area contributed by atoms with Gasteiger partial charge in [-0.2, -0.15) is 4.98 Å². The fourth-order valence-corrected chi connectivity index (χ4v) is 2.57. The van der Waals surface area contributed by atoms with Gasteiger partial charge in [0.15, 0.2) is 0 Å². The molecular weight excluding hydrogens is 311 g/mol. The second-order valence-electron chi connectivity index (χ2n) is 4.26. The molecule has 0 radical (unpaired) electrons. The van der Waals surface area contributed by atoms with Crippen LogP contribution in [-0.2, 0) is 5.75 Å². The van der Waals surface area contributed by atoms with E-state index in [4.69, 9.17) is 16.1 Å². The van der Waals surface area contributed by atoms with Gasteiger partial charge in [0.05, 0.1) is 5.75 Å². The fraction of sp³-hybridized carbons (Fsp3) is 0.0667. The van der Waals surface area contributed by atoms with Gasteiger partial charge in [-0.25, -0.2) is 4.39 Å². The maximum atomic E-state index is 12.8. The van der Waals surface area contributed by atoms with Crippen LogP contribution in [0.3, 0.4) is 0 Å². The number of aromatic nitrogens is 2. The minimum Gasteiger partial charge on any atom is -0.338 e. The van der Waals surface area contributed by atoms with Gasteiger partial charge in [0.1, 0.15) is 5.82 Å². The second kappa shape index (κ2) is 6.28. The van der Waals surface area contributed by atoms with E-state index < -0.39 is 0 Å². The molecule has 21 heavy (non-hydrogen) atoms. The topological polar surface area (TPSA) is 38.9 Å². The summed E-state index contributed by atoms with van der Waals surface area (Å²) in [4.78, 5) is 5.27. The molecule has 0 atom stereocenters. The molecule has 0 aliphatic rings. The largest absolute Gasteiger partial charge is 0.338 e. The third kappa shape index (κ3) is 3.62. The molecule has 3 aromatic rings. The van der Waals surface area contributed by atoms with Crippen molar-refractivity contribution in [1.82, 2.24) is 10.1 Å². The van der Waals surface area contributed by atoms with Crippen LogP contribution in [-0.4, -0.2) is 10.1 Å². The number of hydrogen-bond acceptors (Lipinski definition) is 4. The Morgan fingerprint density at radius 2 is 1.76 bits per heavy atom.